The maximum atomic E-state index is 12.5. The van der Waals surface area contributed by atoms with E-state index in [1.54, 1.807) is 18.3 Å². The molecule has 7 heteroatoms. The first kappa shape index (κ1) is 14.7. The van der Waals surface area contributed by atoms with Crippen molar-refractivity contribution < 1.29 is 14.1 Å². The van der Waals surface area contributed by atoms with Gasteiger partial charge in [0.2, 0.25) is 0 Å². The van der Waals surface area contributed by atoms with Crippen molar-refractivity contribution in [1.82, 2.24) is 10.1 Å². The van der Waals surface area contributed by atoms with Gasteiger partial charge in [-0.1, -0.05) is 28.4 Å². The van der Waals surface area contributed by atoms with Crippen molar-refractivity contribution in [1.29, 1.82) is 0 Å². The highest BCUT2D eigenvalue weighted by atomic mass is 35.5. The highest BCUT2D eigenvalue weighted by Crippen LogP contribution is 2.39. The number of anilines is 1. The van der Waals surface area contributed by atoms with Crippen molar-refractivity contribution in [3.8, 4) is 17.1 Å². The summed E-state index contributed by atoms with van der Waals surface area (Å²) in [7, 11) is 0. The van der Waals surface area contributed by atoms with Crippen LogP contribution in [0.5, 0.6) is 5.75 Å². The number of halogens is 1. The lowest BCUT2D eigenvalue weighted by molar-refractivity contribution is 0.101. The number of aryl methyl sites for hydroxylation is 1. The first-order valence-electron chi connectivity index (χ1n) is 7.27. The maximum absolute atomic E-state index is 12.5. The van der Waals surface area contributed by atoms with Crippen LogP contribution in [0.2, 0.25) is 5.15 Å². The van der Waals surface area contributed by atoms with Crippen molar-refractivity contribution in [3.05, 3.63) is 58.5 Å². The van der Waals surface area contributed by atoms with Crippen LogP contribution in [0.25, 0.3) is 11.3 Å². The average Bonchev–Trinajstić information content (AvgIpc) is 3.01. The van der Waals surface area contributed by atoms with Crippen LogP contribution >= 0.6 is 11.6 Å². The zero-order valence-electron chi connectivity index (χ0n) is 12.7. The molecule has 0 fully saturated rings. The molecule has 1 N–H and O–H groups in total. The van der Waals surface area contributed by atoms with Crippen LogP contribution in [-0.4, -0.2) is 16.0 Å². The number of hydrogen-bond donors (Lipinski definition) is 1. The molecule has 0 unspecified atom stereocenters. The van der Waals surface area contributed by atoms with Crippen LogP contribution in [-0.2, 0) is 6.61 Å². The molecule has 1 amide bonds. The first-order chi connectivity index (χ1) is 11.6. The van der Waals surface area contributed by atoms with Crippen LogP contribution in [0.3, 0.4) is 0 Å². The van der Waals surface area contributed by atoms with Crippen LogP contribution in [0.15, 0.2) is 41.1 Å². The van der Waals surface area contributed by atoms with E-state index in [0.717, 1.165) is 11.1 Å². The molecule has 1 aromatic carbocycles. The van der Waals surface area contributed by atoms with Crippen molar-refractivity contribution in [2.75, 3.05) is 5.32 Å². The molecule has 0 saturated carbocycles. The number of aromatic nitrogens is 2. The molecule has 120 valence electrons. The summed E-state index contributed by atoms with van der Waals surface area (Å²) in [4.78, 5) is 16.4. The molecule has 6 nitrogen and oxygen atoms in total. The third kappa shape index (κ3) is 2.41. The lowest BCUT2D eigenvalue weighted by atomic mass is 10.0. The number of nitrogens with one attached hydrogen (secondary N) is 1. The zero-order valence-corrected chi connectivity index (χ0v) is 13.4. The van der Waals surface area contributed by atoms with Crippen molar-refractivity contribution in [2.24, 2.45) is 0 Å². The van der Waals surface area contributed by atoms with E-state index >= 15 is 0 Å². The maximum Gasteiger partial charge on any atom is 0.278 e. The lowest BCUT2D eigenvalue weighted by Gasteiger charge is -2.16. The normalized spacial score (nSPS) is 12.1. The smallest absolute Gasteiger partial charge is 0.278 e. The molecule has 0 spiro atoms. The van der Waals surface area contributed by atoms with E-state index in [0.29, 0.717) is 22.8 Å². The Hall–Kier alpha value is -2.86. The quantitative estimate of drug-likeness (QED) is 0.716. The molecule has 1 aliphatic heterocycles. The standard InChI is InChI=1S/C17H12ClN3O3/c1-9-4-5-13-10(7-9)15-11(8-23-13)14(21-24-15)17(22)20-12-3-2-6-19-16(12)18/h2-7H,8H2,1H3,(H,20,22). The summed E-state index contributed by atoms with van der Waals surface area (Å²) in [6.45, 7) is 2.20. The highest BCUT2D eigenvalue weighted by molar-refractivity contribution is 6.32. The number of nitrogens with zero attached hydrogens (tertiary/aromatic N) is 2. The number of hydrogen-bond acceptors (Lipinski definition) is 5. The number of pyridine rings is 1. The Labute approximate surface area is 142 Å². The minimum Gasteiger partial charge on any atom is -0.488 e. The topological polar surface area (TPSA) is 77.3 Å². The van der Waals surface area contributed by atoms with Crippen LogP contribution < -0.4 is 10.1 Å². The fourth-order valence-electron chi connectivity index (χ4n) is 2.59. The van der Waals surface area contributed by atoms with E-state index in [2.05, 4.69) is 15.5 Å². The summed E-state index contributed by atoms with van der Waals surface area (Å²) < 4.78 is 11.1. The summed E-state index contributed by atoms with van der Waals surface area (Å²) in [5, 5.41) is 6.82. The first-order valence-corrected chi connectivity index (χ1v) is 7.65. The van der Waals surface area contributed by atoms with E-state index in [4.69, 9.17) is 20.9 Å². The number of ether oxygens (including phenoxy) is 1. The van der Waals surface area contributed by atoms with Crippen molar-refractivity contribution in [3.63, 3.8) is 0 Å². The highest BCUT2D eigenvalue weighted by Gasteiger charge is 2.29. The third-order valence-electron chi connectivity index (χ3n) is 3.76. The monoisotopic (exact) mass is 341 g/mol. The summed E-state index contributed by atoms with van der Waals surface area (Å²) in [6, 6.07) is 9.12. The molecule has 0 radical (unpaired) electrons. The average molecular weight is 342 g/mol. The SMILES string of the molecule is Cc1ccc2c(c1)-c1onc(C(=O)Nc3cccnc3Cl)c1CO2. The number of carbonyl (C=O) groups excluding carboxylic acids is 1. The Bertz CT molecular complexity index is 952. The van der Waals surface area contributed by atoms with Gasteiger partial charge in [-0.05, 0) is 31.2 Å². The minimum absolute atomic E-state index is 0.178. The van der Waals surface area contributed by atoms with E-state index in [1.807, 2.05) is 25.1 Å². The fraction of sp³-hybridized carbons (Fsp3) is 0.118. The molecule has 3 heterocycles. The number of fused-ring (bicyclic) bond motifs is 3. The van der Waals surface area contributed by atoms with Gasteiger partial charge >= 0.3 is 0 Å². The molecule has 0 atom stereocenters. The third-order valence-corrected chi connectivity index (χ3v) is 4.06. The van der Waals surface area contributed by atoms with E-state index in [9.17, 15) is 4.79 Å². The molecule has 3 aromatic rings. The van der Waals surface area contributed by atoms with Crippen LogP contribution in [0.1, 0.15) is 21.6 Å². The van der Waals surface area contributed by atoms with Crippen LogP contribution in [0.4, 0.5) is 5.69 Å². The van der Waals surface area contributed by atoms with Crippen molar-refractivity contribution in [2.45, 2.75) is 13.5 Å². The second-order valence-corrected chi connectivity index (χ2v) is 5.78. The molecule has 2 aromatic heterocycles. The number of carbonyl (C=O) groups is 1. The molecule has 0 saturated heterocycles. The Morgan fingerprint density at radius 1 is 1.33 bits per heavy atom. The predicted octanol–water partition coefficient (Wildman–Crippen LogP) is 3.84. The van der Waals surface area contributed by atoms with Gasteiger partial charge in [-0.15, -0.1) is 0 Å². The van der Waals surface area contributed by atoms with Gasteiger partial charge in [-0.25, -0.2) is 4.98 Å². The van der Waals surface area contributed by atoms with Gasteiger partial charge in [0.25, 0.3) is 5.91 Å². The van der Waals surface area contributed by atoms with Gasteiger partial charge in [0, 0.05) is 6.20 Å². The minimum atomic E-state index is -0.422. The molecular formula is C17H12ClN3O3. The molecule has 0 aliphatic carbocycles. The van der Waals surface area contributed by atoms with Gasteiger partial charge in [0.1, 0.15) is 12.4 Å². The molecule has 24 heavy (non-hydrogen) atoms. The van der Waals surface area contributed by atoms with Gasteiger partial charge in [-0.2, -0.15) is 0 Å². The molecular weight excluding hydrogens is 330 g/mol. The number of amides is 1. The lowest BCUT2D eigenvalue weighted by Crippen LogP contribution is -2.16. The van der Waals surface area contributed by atoms with E-state index in [1.165, 1.54) is 0 Å². The number of rotatable bonds is 2. The Balaban J connectivity index is 1.70. The second kappa shape index (κ2) is 5.65. The largest absolute Gasteiger partial charge is 0.488 e. The van der Waals surface area contributed by atoms with Gasteiger partial charge in [-0.3, -0.25) is 4.79 Å². The Morgan fingerprint density at radius 2 is 2.21 bits per heavy atom. The van der Waals surface area contributed by atoms with Crippen LogP contribution in [0, 0.1) is 6.92 Å². The number of benzene rings is 1. The van der Waals surface area contributed by atoms with Gasteiger partial charge in [0.15, 0.2) is 16.6 Å². The predicted molar refractivity (Wildman–Crippen MR) is 88.2 cm³/mol. The summed E-state index contributed by atoms with van der Waals surface area (Å²) in [5.41, 5.74) is 3.06. The van der Waals surface area contributed by atoms with Crippen molar-refractivity contribution >= 4 is 23.2 Å². The fourth-order valence-corrected chi connectivity index (χ4v) is 2.76. The summed E-state index contributed by atoms with van der Waals surface area (Å²) in [6.07, 6.45) is 1.54. The van der Waals surface area contributed by atoms with Gasteiger partial charge < -0.3 is 14.6 Å². The molecule has 0 bridgehead atoms. The van der Waals surface area contributed by atoms with E-state index < -0.39 is 5.91 Å². The molecule has 1 aliphatic rings. The second-order valence-electron chi connectivity index (χ2n) is 5.42. The zero-order chi connectivity index (χ0) is 16.7. The van der Waals surface area contributed by atoms with Gasteiger partial charge in [0.05, 0.1) is 16.8 Å². The Morgan fingerprint density at radius 3 is 3.04 bits per heavy atom. The Kier molecular flexibility index (Phi) is 3.46. The summed E-state index contributed by atoms with van der Waals surface area (Å²) >= 11 is 5.96. The van der Waals surface area contributed by atoms with E-state index in [-0.39, 0.29) is 17.5 Å². The molecule has 4 rings (SSSR count). The summed E-state index contributed by atoms with van der Waals surface area (Å²) in [5.74, 6) is 0.850.